The summed E-state index contributed by atoms with van der Waals surface area (Å²) in [6.07, 6.45) is 2.64. The van der Waals surface area contributed by atoms with Crippen LogP contribution in [0.5, 0.6) is 0 Å². The monoisotopic (exact) mass is 217 g/mol. The van der Waals surface area contributed by atoms with Crippen molar-refractivity contribution in [1.82, 2.24) is 4.90 Å². The zero-order chi connectivity index (χ0) is 11.4. The van der Waals surface area contributed by atoms with E-state index in [1.807, 2.05) is 19.0 Å². The Morgan fingerprint density at radius 1 is 1.64 bits per heavy atom. The van der Waals surface area contributed by atoms with Gasteiger partial charge in [-0.1, -0.05) is 24.3 Å². The van der Waals surface area contributed by atoms with Gasteiger partial charge in [-0.25, -0.2) is 0 Å². The van der Waals surface area contributed by atoms with Crippen molar-refractivity contribution in [3.63, 3.8) is 0 Å². The summed E-state index contributed by atoms with van der Waals surface area (Å²) >= 11 is 6.02. The van der Waals surface area contributed by atoms with Crippen molar-refractivity contribution in [3.8, 4) is 0 Å². The average Bonchev–Trinajstić information content (AvgIpc) is 2.01. The van der Waals surface area contributed by atoms with Crippen LogP contribution in [0.3, 0.4) is 0 Å². The molecule has 2 unspecified atom stereocenters. The van der Waals surface area contributed by atoms with Crippen LogP contribution in [0.25, 0.3) is 0 Å². The van der Waals surface area contributed by atoms with Crippen molar-refractivity contribution in [1.29, 1.82) is 0 Å². The van der Waals surface area contributed by atoms with E-state index in [1.54, 1.807) is 13.0 Å². The van der Waals surface area contributed by atoms with Crippen molar-refractivity contribution < 1.29 is 5.11 Å². The van der Waals surface area contributed by atoms with Gasteiger partial charge in [0, 0.05) is 5.03 Å². The van der Waals surface area contributed by atoms with E-state index in [4.69, 9.17) is 11.6 Å². The minimum Gasteiger partial charge on any atom is -0.393 e. The molecule has 0 aliphatic rings. The first-order chi connectivity index (χ1) is 6.36. The molecular formula is C11H20ClNO. The predicted octanol–water partition coefficient (Wildman–Crippen LogP) is 2.39. The summed E-state index contributed by atoms with van der Waals surface area (Å²) in [4.78, 5) is 1.98. The number of aliphatic hydroxyl groups excluding tert-OH is 1. The second kappa shape index (κ2) is 5.54. The Morgan fingerprint density at radius 3 is 2.36 bits per heavy atom. The van der Waals surface area contributed by atoms with Gasteiger partial charge in [-0.15, -0.1) is 6.58 Å². The van der Waals surface area contributed by atoms with Crippen molar-refractivity contribution in [2.24, 2.45) is 0 Å². The fourth-order valence-corrected chi connectivity index (χ4v) is 1.96. The molecule has 0 aromatic carbocycles. The lowest BCUT2D eigenvalue weighted by molar-refractivity contribution is 0.0988. The number of rotatable bonds is 6. The first-order valence-corrected chi connectivity index (χ1v) is 5.06. The Labute approximate surface area is 91.9 Å². The van der Waals surface area contributed by atoms with Crippen LogP contribution in [-0.2, 0) is 0 Å². The van der Waals surface area contributed by atoms with Crippen molar-refractivity contribution in [2.45, 2.75) is 31.4 Å². The fraction of sp³-hybridized carbons (Fsp3) is 0.636. The molecule has 0 aromatic heterocycles. The number of halogens is 1. The normalized spacial score (nSPS) is 17.6. The molecule has 0 spiro atoms. The molecule has 0 saturated carbocycles. The van der Waals surface area contributed by atoms with E-state index in [9.17, 15) is 5.11 Å². The molecular weight excluding hydrogens is 198 g/mol. The van der Waals surface area contributed by atoms with Gasteiger partial charge in [0.1, 0.15) is 0 Å². The molecule has 0 amide bonds. The number of nitrogens with zero attached hydrogens (tertiary/aromatic N) is 1. The highest BCUT2D eigenvalue weighted by Crippen LogP contribution is 2.33. The van der Waals surface area contributed by atoms with E-state index >= 15 is 0 Å². The Hall–Kier alpha value is -0.310. The minimum atomic E-state index is -0.409. The van der Waals surface area contributed by atoms with E-state index in [-0.39, 0.29) is 0 Å². The molecule has 0 fully saturated rings. The molecule has 1 N–H and O–H groups in total. The topological polar surface area (TPSA) is 23.5 Å². The maximum absolute atomic E-state index is 9.45. The number of aliphatic hydroxyl groups is 1. The molecule has 2 atom stereocenters. The molecule has 0 saturated heterocycles. The zero-order valence-electron chi connectivity index (χ0n) is 9.26. The summed E-state index contributed by atoms with van der Waals surface area (Å²) in [6.45, 7) is 9.25. The van der Waals surface area contributed by atoms with Gasteiger partial charge < -0.3 is 5.11 Å². The minimum absolute atomic E-state index is 0.391. The Morgan fingerprint density at radius 2 is 2.14 bits per heavy atom. The highest BCUT2D eigenvalue weighted by Gasteiger charge is 2.34. The van der Waals surface area contributed by atoms with Crippen LogP contribution >= 0.6 is 11.6 Å². The van der Waals surface area contributed by atoms with E-state index in [0.29, 0.717) is 17.9 Å². The first-order valence-electron chi connectivity index (χ1n) is 4.68. The van der Waals surface area contributed by atoms with Gasteiger partial charge in [-0.3, -0.25) is 4.90 Å². The molecule has 82 valence electrons. The summed E-state index contributed by atoms with van der Waals surface area (Å²) in [5.74, 6) is 0. The molecule has 0 radical (unpaired) electrons. The molecule has 14 heavy (non-hydrogen) atoms. The standard InChI is InChI=1S/C11H20ClNO/c1-6-7-11(10(3)12,13(4)5)8-9(2)14/h6,9,14H,1,3,7-8H2,2,4-5H3. The van der Waals surface area contributed by atoms with Crippen LogP contribution in [0, 0.1) is 0 Å². The van der Waals surface area contributed by atoms with Gasteiger partial charge in [0.2, 0.25) is 0 Å². The summed E-state index contributed by atoms with van der Waals surface area (Å²) < 4.78 is 0. The van der Waals surface area contributed by atoms with Gasteiger partial charge in [-0.2, -0.15) is 0 Å². The number of hydrogen-bond acceptors (Lipinski definition) is 2. The van der Waals surface area contributed by atoms with Crippen LogP contribution in [0.2, 0.25) is 0 Å². The molecule has 2 nitrogen and oxygen atoms in total. The van der Waals surface area contributed by atoms with Gasteiger partial charge in [0.15, 0.2) is 0 Å². The Bertz CT molecular complexity index is 213. The fourth-order valence-electron chi connectivity index (χ4n) is 1.64. The molecule has 0 heterocycles. The summed E-state index contributed by atoms with van der Waals surface area (Å²) in [5, 5.41) is 10.00. The second-order valence-electron chi connectivity index (χ2n) is 3.88. The first kappa shape index (κ1) is 13.7. The molecule has 0 bridgehead atoms. The van der Waals surface area contributed by atoms with Crippen LogP contribution in [0.15, 0.2) is 24.3 Å². The van der Waals surface area contributed by atoms with Crippen LogP contribution in [0.4, 0.5) is 0 Å². The number of likely N-dealkylation sites (N-methyl/N-ethyl adjacent to an activating group) is 1. The molecule has 3 heteroatoms. The maximum Gasteiger partial charge on any atom is 0.0615 e. The highest BCUT2D eigenvalue weighted by molar-refractivity contribution is 6.30. The summed E-state index contributed by atoms with van der Waals surface area (Å²) in [5.41, 5.74) is -0.391. The van der Waals surface area contributed by atoms with Gasteiger partial charge in [-0.05, 0) is 33.9 Å². The van der Waals surface area contributed by atoms with Crippen LogP contribution in [0.1, 0.15) is 19.8 Å². The van der Waals surface area contributed by atoms with E-state index in [2.05, 4.69) is 13.2 Å². The Kier molecular flexibility index (Phi) is 5.42. The average molecular weight is 218 g/mol. The molecule has 0 rings (SSSR count). The van der Waals surface area contributed by atoms with Gasteiger partial charge in [0.05, 0.1) is 11.6 Å². The molecule has 0 aliphatic heterocycles. The highest BCUT2D eigenvalue weighted by atomic mass is 35.5. The summed E-state index contributed by atoms with van der Waals surface area (Å²) in [7, 11) is 3.86. The zero-order valence-corrected chi connectivity index (χ0v) is 10.0. The lowest BCUT2D eigenvalue weighted by atomic mass is 9.87. The van der Waals surface area contributed by atoms with E-state index < -0.39 is 11.6 Å². The second-order valence-corrected chi connectivity index (χ2v) is 4.33. The van der Waals surface area contributed by atoms with Crippen molar-refractivity contribution in [2.75, 3.05) is 14.1 Å². The predicted molar refractivity (Wildman–Crippen MR) is 62.5 cm³/mol. The lowest BCUT2D eigenvalue weighted by Crippen LogP contribution is -2.46. The smallest absolute Gasteiger partial charge is 0.0615 e. The third-order valence-electron chi connectivity index (χ3n) is 2.48. The quantitative estimate of drug-likeness (QED) is 0.691. The largest absolute Gasteiger partial charge is 0.393 e. The third-order valence-corrected chi connectivity index (χ3v) is 2.83. The van der Waals surface area contributed by atoms with E-state index in [1.165, 1.54) is 0 Å². The van der Waals surface area contributed by atoms with Crippen LogP contribution in [-0.4, -0.2) is 35.7 Å². The molecule has 0 aliphatic carbocycles. The van der Waals surface area contributed by atoms with Crippen molar-refractivity contribution >= 4 is 11.6 Å². The lowest BCUT2D eigenvalue weighted by Gasteiger charge is -2.39. The SMILES string of the molecule is C=CCC(CC(C)O)(C(=C)Cl)N(C)C. The van der Waals surface area contributed by atoms with Crippen molar-refractivity contribution in [3.05, 3.63) is 24.3 Å². The summed E-state index contributed by atoms with van der Waals surface area (Å²) in [6, 6.07) is 0. The number of hydrogen-bond donors (Lipinski definition) is 1. The Balaban J connectivity index is 4.93. The third kappa shape index (κ3) is 3.12. The van der Waals surface area contributed by atoms with Gasteiger partial charge in [0.25, 0.3) is 0 Å². The van der Waals surface area contributed by atoms with E-state index in [0.717, 1.165) is 0 Å². The van der Waals surface area contributed by atoms with Crippen LogP contribution < -0.4 is 0 Å². The maximum atomic E-state index is 9.45. The molecule has 0 aromatic rings. The van der Waals surface area contributed by atoms with Gasteiger partial charge >= 0.3 is 0 Å².